The van der Waals surface area contributed by atoms with Crippen molar-refractivity contribution in [2.45, 2.75) is 18.7 Å². The van der Waals surface area contributed by atoms with E-state index in [-0.39, 0.29) is 11.8 Å². The number of anilines is 1. The highest BCUT2D eigenvalue weighted by atomic mass is 32.2. The van der Waals surface area contributed by atoms with Gasteiger partial charge >= 0.3 is 0 Å². The summed E-state index contributed by atoms with van der Waals surface area (Å²) < 4.78 is 0. The van der Waals surface area contributed by atoms with Crippen LogP contribution in [0.1, 0.15) is 13.8 Å². The lowest BCUT2D eigenvalue weighted by atomic mass is 10.2. The molecule has 2 nitrogen and oxygen atoms in total. The average molecular weight is 209 g/mol. The van der Waals surface area contributed by atoms with E-state index >= 15 is 0 Å². The predicted octanol–water partition coefficient (Wildman–Crippen LogP) is 3.00. The Morgan fingerprint density at radius 2 is 2.14 bits per heavy atom. The molecule has 0 aliphatic rings. The van der Waals surface area contributed by atoms with Crippen molar-refractivity contribution in [2.24, 2.45) is 5.92 Å². The number of rotatable bonds is 3. The standard InChI is InChI=1S/C11H15NOS/c1-8(2)11(13)12-9-5-4-6-10(7-9)14-3/h4-8H,1-3H3,(H,12,13). The highest BCUT2D eigenvalue weighted by molar-refractivity contribution is 7.98. The van der Waals surface area contributed by atoms with Crippen molar-refractivity contribution in [3.63, 3.8) is 0 Å². The normalized spacial score (nSPS) is 10.3. The second kappa shape index (κ2) is 5.05. The van der Waals surface area contributed by atoms with Gasteiger partial charge in [0, 0.05) is 16.5 Å². The molecule has 0 unspecified atom stereocenters. The average Bonchev–Trinajstić information content (AvgIpc) is 2.18. The topological polar surface area (TPSA) is 29.1 Å². The van der Waals surface area contributed by atoms with Gasteiger partial charge in [0.25, 0.3) is 0 Å². The van der Waals surface area contributed by atoms with Crippen LogP contribution in [-0.2, 0) is 4.79 Å². The second-order valence-electron chi connectivity index (χ2n) is 3.38. The zero-order valence-electron chi connectivity index (χ0n) is 8.70. The van der Waals surface area contributed by atoms with Gasteiger partial charge in [0.15, 0.2) is 0 Å². The van der Waals surface area contributed by atoms with Crippen molar-refractivity contribution in [1.82, 2.24) is 0 Å². The van der Waals surface area contributed by atoms with Crippen molar-refractivity contribution < 1.29 is 4.79 Å². The van der Waals surface area contributed by atoms with E-state index in [1.807, 2.05) is 44.4 Å². The first-order valence-electron chi connectivity index (χ1n) is 4.58. The van der Waals surface area contributed by atoms with Crippen molar-refractivity contribution >= 4 is 23.4 Å². The molecule has 3 heteroatoms. The van der Waals surface area contributed by atoms with Crippen LogP contribution in [0.5, 0.6) is 0 Å². The van der Waals surface area contributed by atoms with Gasteiger partial charge in [-0.15, -0.1) is 11.8 Å². The van der Waals surface area contributed by atoms with Crippen LogP contribution < -0.4 is 5.32 Å². The molecular weight excluding hydrogens is 194 g/mol. The fourth-order valence-corrected chi connectivity index (χ4v) is 1.45. The molecule has 1 rings (SSSR count). The molecule has 14 heavy (non-hydrogen) atoms. The summed E-state index contributed by atoms with van der Waals surface area (Å²) in [7, 11) is 0. The van der Waals surface area contributed by atoms with Gasteiger partial charge in [0.05, 0.1) is 0 Å². The molecular formula is C11H15NOS. The minimum atomic E-state index is 0.0212. The Balaban J connectivity index is 2.72. The van der Waals surface area contributed by atoms with E-state index in [9.17, 15) is 4.79 Å². The molecule has 1 aromatic rings. The molecule has 0 aliphatic heterocycles. The number of hydrogen-bond acceptors (Lipinski definition) is 2. The Morgan fingerprint density at radius 3 is 2.71 bits per heavy atom. The van der Waals surface area contributed by atoms with Crippen LogP contribution in [0.2, 0.25) is 0 Å². The molecule has 0 spiro atoms. The molecule has 0 aliphatic carbocycles. The highest BCUT2D eigenvalue weighted by Crippen LogP contribution is 2.19. The van der Waals surface area contributed by atoms with Gasteiger partial charge in [-0.3, -0.25) is 4.79 Å². The molecule has 1 amide bonds. The minimum absolute atomic E-state index is 0.0212. The first-order chi connectivity index (χ1) is 6.63. The number of amides is 1. The van der Waals surface area contributed by atoms with Crippen LogP contribution in [0.15, 0.2) is 29.2 Å². The fourth-order valence-electron chi connectivity index (χ4n) is 0.987. The zero-order chi connectivity index (χ0) is 10.6. The summed E-state index contributed by atoms with van der Waals surface area (Å²) in [5.41, 5.74) is 0.871. The van der Waals surface area contributed by atoms with Gasteiger partial charge in [-0.25, -0.2) is 0 Å². The number of carbonyl (C=O) groups excluding carboxylic acids is 1. The van der Waals surface area contributed by atoms with Gasteiger partial charge < -0.3 is 5.32 Å². The smallest absolute Gasteiger partial charge is 0.226 e. The second-order valence-corrected chi connectivity index (χ2v) is 4.26. The van der Waals surface area contributed by atoms with Crippen LogP contribution in [0.25, 0.3) is 0 Å². The SMILES string of the molecule is CSc1cccc(NC(=O)C(C)C)c1. The molecule has 1 aromatic carbocycles. The lowest BCUT2D eigenvalue weighted by Gasteiger charge is -2.08. The summed E-state index contributed by atoms with van der Waals surface area (Å²) in [6, 6.07) is 7.85. The van der Waals surface area contributed by atoms with E-state index in [1.165, 1.54) is 0 Å². The molecule has 0 saturated carbocycles. The first kappa shape index (κ1) is 11.1. The quantitative estimate of drug-likeness (QED) is 0.775. The van der Waals surface area contributed by atoms with Gasteiger partial charge in [0.1, 0.15) is 0 Å². The maximum Gasteiger partial charge on any atom is 0.226 e. The third-order valence-corrected chi connectivity index (χ3v) is 2.59. The molecule has 76 valence electrons. The molecule has 0 saturated heterocycles. The Labute approximate surface area is 89.1 Å². The number of carbonyl (C=O) groups is 1. The molecule has 0 radical (unpaired) electrons. The summed E-state index contributed by atoms with van der Waals surface area (Å²) in [6.45, 7) is 3.77. The predicted molar refractivity (Wildman–Crippen MR) is 61.7 cm³/mol. The Hall–Kier alpha value is -0.960. The Kier molecular flexibility index (Phi) is 4.01. The maximum absolute atomic E-state index is 11.4. The van der Waals surface area contributed by atoms with E-state index < -0.39 is 0 Å². The van der Waals surface area contributed by atoms with Crippen LogP contribution in [-0.4, -0.2) is 12.2 Å². The fraction of sp³-hybridized carbons (Fsp3) is 0.364. The third-order valence-electron chi connectivity index (χ3n) is 1.86. The van der Waals surface area contributed by atoms with E-state index in [4.69, 9.17) is 0 Å². The Bertz CT molecular complexity index is 323. The molecule has 0 heterocycles. The lowest BCUT2D eigenvalue weighted by molar-refractivity contribution is -0.118. The summed E-state index contributed by atoms with van der Waals surface area (Å²) >= 11 is 1.67. The number of nitrogens with one attached hydrogen (secondary N) is 1. The minimum Gasteiger partial charge on any atom is -0.326 e. The highest BCUT2D eigenvalue weighted by Gasteiger charge is 2.06. The van der Waals surface area contributed by atoms with Gasteiger partial charge in [0.2, 0.25) is 5.91 Å². The van der Waals surface area contributed by atoms with E-state index in [2.05, 4.69) is 5.32 Å². The summed E-state index contributed by atoms with van der Waals surface area (Å²) in [6.07, 6.45) is 2.02. The molecule has 0 bridgehead atoms. The largest absolute Gasteiger partial charge is 0.326 e. The Morgan fingerprint density at radius 1 is 1.43 bits per heavy atom. The number of hydrogen-bond donors (Lipinski definition) is 1. The molecule has 0 fully saturated rings. The van der Waals surface area contributed by atoms with Crippen LogP contribution in [0, 0.1) is 5.92 Å². The third kappa shape index (κ3) is 3.07. The van der Waals surface area contributed by atoms with Crippen molar-refractivity contribution in [3.8, 4) is 0 Å². The zero-order valence-corrected chi connectivity index (χ0v) is 9.52. The first-order valence-corrected chi connectivity index (χ1v) is 5.81. The van der Waals surface area contributed by atoms with E-state index in [1.54, 1.807) is 11.8 Å². The molecule has 1 N–H and O–H groups in total. The van der Waals surface area contributed by atoms with Crippen LogP contribution in [0.4, 0.5) is 5.69 Å². The van der Waals surface area contributed by atoms with Crippen LogP contribution >= 0.6 is 11.8 Å². The molecule has 0 atom stereocenters. The lowest BCUT2D eigenvalue weighted by Crippen LogP contribution is -2.17. The van der Waals surface area contributed by atoms with E-state index in [0.717, 1.165) is 10.6 Å². The van der Waals surface area contributed by atoms with Crippen molar-refractivity contribution in [2.75, 3.05) is 11.6 Å². The van der Waals surface area contributed by atoms with Gasteiger partial charge in [-0.05, 0) is 24.5 Å². The number of thioether (sulfide) groups is 1. The number of benzene rings is 1. The monoisotopic (exact) mass is 209 g/mol. The van der Waals surface area contributed by atoms with E-state index in [0.29, 0.717) is 0 Å². The van der Waals surface area contributed by atoms with Crippen molar-refractivity contribution in [1.29, 1.82) is 0 Å². The maximum atomic E-state index is 11.4. The molecule has 0 aromatic heterocycles. The van der Waals surface area contributed by atoms with Crippen molar-refractivity contribution in [3.05, 3.63) is 24.3 Å². The summed E-state index contributed by atoms with van der Waals surface area (Å²) in [5, 5.41) is 2.86. The van der Waals surface area contributed by atoms with Crippen LogP contribution in [0.3, 0.4) is 0 Å². The summed E-state index contributed by atoms with van der Waals surface area (Å²) in [4.78, 5) is 12.6. The summed E-state index contributed by atoms with van der Waals surface area (Å²) in [5.74, 6) is 0.0798. The van der Waals surface area contributed by atoms with Gasteiger partial charge in [-0.2, -0.15) is 0 Å². The van der Waals surface area contributed by atoms with Gasteiger partial charge in [-0.1, -0.05) is 19.9 Å².